The second-order valence-electron chi connectivity index (χ2n) is 4.82. The van der Waals surface area contributed by atoms with Crippen molar-refractivity contribution < 1.29 is 4.79 Å². The summed E-state index contributed by atoms with van der Waals surface area (Å²) in [4.78, 5) is 11.1. The average Bonchev–Trinajstić information content (AvgIpc) is 2.43. The molecule has 1 aromatic rings. The molecular formula is C17H29NO. The van der Waals surface area contributed by atoms with Gasteiger partial charge in [-0.25, -0.2) is 0 Å². The Morgan fingerprint density at radius 2 is 1.63 bits per heavy atom. The Morgan fingerprint density at radius 3 is 2.11 bits per heavy atom. The van der Waals surface area contributed by atoms with Gasteiger partial charge in [0.05, 0.1) is 0 Å². The monoisotopic (exact) mass is 263 g/mol. The van der Waals surface area contributed by atoms with E-state index in [0.717, 1.165) is 25.8 Å². The highest BCUT2D eigenvalue weighted by Gasteiger charge is 1.97. The quantitative estimate of drug-likeness (QED) is 0.722. The maximum atomic E-state index is 11.1. The molecular weight excluding hydrogens is 234 g/mol. The summed E-state index contributed by atoms with van der Waals surface area (Å²) in [5.74, 6) is 0.216. The highest BCUT2D eigenvalue weighted by molar-refractivity contribution is 5.75. The SMILES string of the molecule is CCCCCNC(=O)CCCC.Cc1ccccc1. The fraction of sp³-hybridized carbons (Fsp3) is 0.588. The lowest BCUT2D eigenvalue weighted by Crippen LogP contribution is -2.23. The van der Waals surface area contributed by atoms with E-state index in [2.05, 4.69) is 38.2 Å². The van der Waals surface area contributed by atoms with Gasteiger partial charge in [-0.3, -0.25) is 4.79 Å². The average molecular weight is 263 g/mol. The van der Waals surface area contributed by atoms with Crippen LogP contribution in [-0.2, 0) is 4.79 Å². The Balaban J connectivity index is 0.000000388. The Hall–Kier alpha value is -1.31. The summed E-state index contributed by atoms with van der Waals surface area (Å²) < 4.78 is 0. The first-order chi connectivity index (χ1) is 9.20. The lowest BCUT2D eigenvalue weighted by Gasteiger charge is -2.02. The van der Waals surface area contributed by atoms with Gasteiger partial charge in [0.2, 0.25) is 5.91 Å². The molecule has 0 aliphatic rings. The summed E-state index contributed by atoms with van der Waals surface area (Å²) in [7, 11) is 0. The van der Waals surface area contributed by atoms with Crippen molar-refractivity contribution in [1.29, 1.82) is 0 Å². The summed E-state index contributed by atoms with van der Waals surface area (Å²) in [6.45, 7) is 7.21. The van der Waals surface area contributed by atoms with Gasteiger partial charge in [-0.05, 0) is 19.8 Å². The highest BCUT2D eigenvalue weighted by Crippen LogP contribution is 1.95. The molecule has 2 heteroatoms. The number of nitrogens with one attached hydrogen (secondary N) is 1. The number of amides is 1. The minimum Gasteiger partial charge on any atom is -0.356 e. The minimum atomic E-state index is 0.216. The molecule has 1 aromatic carbocycles. The van der Waals surface area contributed by atoms with Crippen molar-refractivity contribution in [3.63, 3.8) is 0 Å². The first kappa shape index (κ1) is 17.7. The van der Waals surface area contributed by atoms with Crippen LogP contribution in [0, 0.1) is 6.92 Å². The molecule has 0 aliphatic carbocycles. The van der Waals surface area contributed by atoms with Gasteiger partial charge < -0.3 is 5.32 Å². The zero-order valence-corrected chi connectivity index (χ0v) is 12.7. The summed E-state index contributed by atoms with van der Waals surface area (Å²) in [5.41, 5.74) is 1.32. The minimum absolute atomic E-state index is 0.216. The van der Waals surface area contributed by atoms with Crippen LogP contribution in [0.15, 0.2) is 30.3 Å². The van der Waals surface area contributed by atoms with Crippen molar-refractivity contribution in [2.75, 3.05) is 6.54 Å². The topological polar surface area (TPSA) is 29.1 Å². The van der Waals surface area contributed by atoms with Crippen molar-refractivity contribution in [2.24, 2.45) is 0 Å². The molecule has 0 aliphatic heterocycles. The molecule has 1 amide bonds. The standard InChI is InChI=1S/C10H21NO.C7H8/c1-3-5-7-9-11-10(12)8-6-4-2;1-7-5-3-2-4-6-7/h3-9H2,1-2H3,(H,11,12);2-6H,1H3. The summed E-state index contributed by atoms with van der Waals surface area (Å²) in [5, 5.41) is 2.91. The third kappa shape index (κ3) is 12.9. The molecule has 0 bridgehead atoms. The second kappa shape index (κ2) is 13.1. The van der Waals surface area contributed by atoms with E-state index in [0.29, 0.717) is 6.42 Å². The maximum Gasteiger partial charge on any atom is 0.219 e. The second-order valence-corrected chi connectivity index (χ2v) is 4.82. The van der Waals surface area contributed by atoms with Gasteiger partial charge >= 0.3 is 0 Å². The number of benzene rings is 1. The van der Waals surface area contributed by atoms with Crippen LogP contribution < -0.4 is 5.32 Å². The molecule has 0 spiro atoms. The summed E-state index contributed by atoms with van der Waals surface area (Å²) in [6, 6.07) is 10.3. The lowest BCUT2D eigenvalue weighted by atomic mass is 10.2. The van der Waals surface area contributed by atoms with Crippen LogP contribution in [0.1, 0.15) is 57.9 Å². The van der Waals surface area contributed by atoms with Crippen LogP contribution in [0.2, 0.25) is 0 Å². The van der Waals surface area contributed by atoms with Gasteiger partial charge in [0.1, 0.15) is 0 Å². The predicted molar refractivity (Wildman–Crippen MR) is 83.2 cm³/mol. The van der Waals surface area contributed by atoms with Crippen molar-refractivity contribution in [3.8, 4) is 0 Å². The molecule has 0 saturated carbocycles. The zero-order chi connectivity index (χ0) is 14.3. The molecule has 0 aromatic heterocycles. The van der Waals surface area contributed by atoms with Gasteiger partial charge in [-0.2, -0.15) is 0 Å². The molecule has 1 rings (SSSR count). The smallest absolute Gasteiger partial charge is 0.219 e. The molecule has 108 valence electrons. The first-order valence-electron chi connectivity index (χ1n) is 7.49. The Kier molecular flexibility index (Phi) is 12.2. The summed E-state index contributed by atoms with van der Waals surface area (Å²) in [6.07, 6.45) is 6.36. The van der Waals surface area contributed by atoms with E-state index in [1.807, 2.05) is 18.2 Å². The van der Waals surface area contributed by atoms with E-state index >= 15 is 0 Å². The van der Waals surface area contributed by atoms with E-state index < -0.39 is 0 Å². The van der Waals surface area contributed by atoms with Crippen LogP contribution in [0.25, 0.3) is 0 Å². The molecule has 0 heterocycles. The highest BCUT2D eigenvalue weighted by atomic mass is 16.1. The fourth-order valence-corrected chi connectivity index (χ4v) is 1.56. The number of carbonyl (C=O) groups excluding carboxylic acids is 1. The number of aryl methyl sites for hydroxylation is 1. The van der Waals surface area contributed by atoms with Gasteiger partial charge in [0.15, 0.2) is 0 Å². The molecule has 0 saturated heterocycles. The number of hydrogen-bond donors (Lipinski definition) is 1. The van der Waals surface area contributed by atoms with Gasteiger partial charge in [-0.15, -0.1) is 0 Å². The predicted octanol–water partition coefficient (Wildman–Crippen LogP) is 4.48. The molecule has 19 heavy (non-hydrogen) atoms. The molecule has 0 fully saturated rings. The molecule has 2 nitrogen and oxygen atoms in total. The van der Waals surface area contributed by atoms with Crippen molar-refractivity contribution in [1.82, 2.24) is 5.32 Å². The van der Waals surface area contributed by atoms with E-state index in [1.165, 1.54) is 18.4 Å². The van der Waals surface area contributed by atoms with E-state index in [1.54, 1.807) is 0 Å². The molecule has 1 N–H and O–H groups in total. The molecule has 0 unspecified atom stereocenters. The van der Waals surface area contributed by atoms with Crippen LogP contribution >= 0.6 is 0 Å². The Bertz CT molecular complexity index is 308. The Labute approximate surface area is 118 Å². The number of hydrogen-bond acceptors (Lipinski definition) is 1. The lowest BCUT2D eigenvalue weighted by molar-refractivity contribution is -0.121. The maximum absolute atomic E-state index is 11.1. The van der Waals surface area contributed by atoms with E-state index in [4.69, 9.17) is 0 Å². The van der Waals surface area contributed by atoms with Gasteiger partial charge in [0.25, 0.3) is 0 Å². The molecule has 0 atom stereocenters. The van der Waals surface area contributed by atoms with Crippen molar-refractivity contribution in [3.05, 3.63) is 35.9 Å². The Morgan fingerprint density at radius 1 is 1.00 bits per heavy atom. The summed E-state index contributed by atoms with van der Waals surface area (Å²) >= 11 is 0. The fourth-order valence-electron chi connectivity index (χ4n) is 1.56. The number of rotatable bonds is 7. The van der Waals surface area contributed by atoms with Crippen molar-refractivity contribution >= 4 is 5.91 Å². The van der Waals surface area contributed by atoms with Crippen LogP contribution in [0.5, 0.6) is 0 Å². The van der Waals surface area contributed by atoms with E-state index in [9.17, 15) is 4.79 Å². The van der Waals surface area contributed by atoms with Crippen LogP contribution in [0.3, 0.4) is 0 Å². The molecule has 0 radical (unpaired) electrons. The number of unbranched alkanes of at least 4 members (excludes halogenated alkanes) is 3. The first-order valence-corrected chi connectivity index (χ1v) is 7.49. The zero-order valence-electron chi connectivity index (χ0n) is 12.7. The number of carbonyl (C=O) groups is 1. The van der Waals surface area contributed by atoms with Gasteiger partial charge in [0, 0.05) is 13.0 Å². The van der Waals surface area contributed by atoms with Crippen LogP contribution in [-0.4, -0.2) is 12.5 Å². The van der Waals surface area contributed by atoms with Crippen molar-refractivity contribution in [2.45, 2.75) is 59.3 Å². The van der Waals surface area contributed by atoms with Gasteiger partial charge in [-0.1, -0.05) is 69.0 Å². The largest absolute Gasteiger partial charge is 0.356 e. The third-order valence-electron chi connectivity index (χ3n) is 2.80. The van der Waals surface area contributed by atoms with Crippen LogP contribution in [0.4, 0.5) is 0 Å². The normalized spacial score (nSPS) is 9.42. The third-order valence-corrected chi connectivity index (χ3v) is 2.80. The van der Waals surface area contributed by atoms with E-state index in [-0.39, 0.29) is 5.91 Å².